The predicted octanol–water partition coefficient (Wildman–Crippen LogP) is 3.83. The Morgan fingerprint density at radius 2 is 1.92 bits per heavy atom. The third-order valence-electron chi connectivity index (χ3n) is 4.56. The first-order chi connectivity index (χ1) is 11.5. The zero-order valence-corrected chi connectivity index (χ0v) is 17.1. The third-order valence-corrected chi connectivity index (χ3v) is 5.44. The fourth-order valence-corrected chi connectivity index (χ4v) is 3.09. The Hall–Kier alpha value is -1.05. The van der Waals surface area contributed by atoms with Crippen LogP contribution in [0.1, 0.15) is 54.0 Å². The van der Waals surface area contributed by atoms with Crippen molar-refractivity contribution in [2.45, 2.75) is 66.2 Å². The predicted molar refractivity (Wildman–Crippen MR) is 104 cm³/mol. The van der Waals surface area contributed by atoms with Crippen LogP contribution in [0.3, 0.4) is 0 Å². The normalized spacial score (nSPS) is 19.7. The molecule has 5 nitrogen and oxygen atoms in total. The number of hydrogen-bond acceptors (Lipinski definition) is 5. The molecule has 0 unspecified atom stereocenters. The van der Waals surface area contributed by atoms with Gasteiger partial charge in [0.15, 0.2) is 5.12 Å². The number of nitrogens with zero attached hydrogens (tertiary/aromatic N) is 2. The van der Waals surface area contributed by atoms with Gasteiger partial charge in [-0.3, -0.25) is 9.48 Å². The molecule has 0 atom stereocenters. The van der Waals surface area contributed by atoms with Crippen LogP contribution in [0.15, 0.2) is 17.9 Å². The highest BCUT2D eigenvalue weighted by Crippen LogP contribution is 2.39. The maximum atomic E-state index is 11.4. The minimum absolute atomic E-state index is 0.0814. The van der Waals surface area contributed by atoms with Crippen LogP contribution in [0, 0.1) is 5.92 Å². The zero-order valence-electron chi connectivity index (χ0n) is 16.3. The van der Waals surface area contributed by atoms with Crippen LogP contribution in [0.4, 0.5) is 0 Å². The van der Waals surface area contributed by atoms with Gasteiger partial charge >= 0.3 is 7.12 Å². The van der Waals surface area contributed by atoms with E-state index in [1.54, 1.807) is 6.92 Å². The second kappa shape index (κ2) is 7.68. The van der Waals surface area contributed by atoms with Crippen molar-refractivity contribution in [1.82, 2.24) is 9.78 Å². The van der Waals surface area contributed by atoms with E-state index in [1.165, 1.54) is 11.8 Å². The molecule has 138 valence electrons. The molecular formula is C18H29BN2O3S. The molecule has 0 spiro atoms. The van der Waals surface area contributed by atoms with Crippen molar-refractivity contribution in [2.24, 2.45) is 5.92 Å². The molecular weight excluding hydrogens is 335 g/mol. The number of hydrogen-bond donors (Lipinski definition) is 0. The molecule has 0 saturated carbocycles. The van der Waals surface area contributed by atoms with Crippen molar-refractivity contribution in [1.29, 1.82) is 0 Å². The average Bonchev–Trinajstić information content (AvgIpc) is 2.96. The summed E-state index contributed by atoms with van der Waals surface area (Å²) < 4.78 is 14.3. The summed E-state index contributed by atoms with van der Waals surface area (Å²) in [4.78, 5) is 11.4. The van der Waals surface area contributed by atoms with Crippen LogP contribution in [0.25, 0.3) is 6.08 Å². The zero-order chi connectivity index (χ0) is 18.8. The summed E-state index contributed by atoms with van der Waals surface area (Å²) in [5, 5.41) is 4.49. The summed E-state index contributed by atoms with van der Waals surface area (Å²) >= 11 is 1.27. The molecule has 1 aliphatic rings. The van der Waals surface area contributed by atoms with Gasteiger partial charge in [0.05, 0.1) is 17.4 Å². The van der Waals surface area contributed by atoms with Crippen LogP contribution in [0.5, 0.6) is 0 Å². The second-order valence-electron chi connectivity index (χ2n) is 7.98. The Kier molecular flexibility index (Phi) is 6.23. The van der Waals surface area contributed by atoms with Gasteiger partial charge in [0.25, 0.3) is 0 Å². The Balaban J connectivity index is 2.24. The summed E-state index contributed by atoms with van der Waals surface area (Å²) in [7, 11) is -0.453. The highest BCUT2D eigenvalue weighted by Gasteiger charge is 2.52. The van der Waals surface area contributed by atoms with Crippen molar-refractivity contribution in [3.8, 4) is 0 Å². The smallest absolute Gasteiger partial charge is 0.400 e. The minimum atomic E-state index is -0.453. The van der Waals surface area contributed by atoms with E-state index >= 15 is 0 Å². The summed E-state index contributed by atoms with van der Waals surface area (Å²) in [5.41, 5.74) is 1.14. The molecule has 0 bridgehead atoms. The van der Waals surface area contributed by atoms with E-state index in [-0.39, 0.29) is 5.12 Å². The lowest BCUT2D eigenvalue weighted by Crippen LogP contribution is -2.41. The van der Waals surface area contributed by atoms with Crippen molar-refractivity contribution in [3.05, 3.63) is 23.4 Å². The summed E-state index contributed by atoms with van der Waals surface area (Å²) in [6, 6.07) is 0. The van der Waals surface area contributed by atoms with E-state index in [4.69, 9.17) is 9.31 Å². The van der Waals surface area contributed by atoms with Gasteiger partial charge < -0.3 is 9.31 Å². The number of carbonyl (C=O) groups excluding carboxylic acids is 1. The Labute approximate surface area is 155 Å². The quantitative estimate of drug-likeness (QED) is 0.718. The Morgan fingerprint density at radius 3 is 2.44 bits per heavy atom. The molecule has 0 aromatic carbocycles. The molecule has 1 aliphatic heterocycles. The van der Waals surface area contributed by atoms with Crippen molar-refractivity contribution < 1.29 is 14.1 Å². The molecule has 2 heterocycles. The molecule has 25 heavy (non-hydrogen) atoms. The molecule has 1 aromatic rings. The Bertz CT molecular complexity index is 637. The summed E-state index contributed by atoms with van der Waals surface area (Å²) in [5.74, 6) is 1.08. The molecule has 7 heteroatoms. The van der Waals surface area contributed by atoms with Gasteiger partial charge in [0.1, 0.15) is 0 Å². The van der Waals surface area contributed by atoms with Gasteiger partial charge in [0, 0.05) is 31.0 Å². The SMILES string of the molecule is CC(=O)SCC(=Cc1cnn(CC(C)C)c1)B1OC(C)(C)C(C)(C)O1. The van der Waals surface area contributed by atoms with Gasteiger partial charge in [-0.1, -0.05) is 31.7 Å². The molecule has 1 fully saturated rings. The van der Waals surface area contributed by atoms with Gasteiger partial charge in [-0.25, -0.2) is 0 Å². The second-order valence-corrected chi connectivity index (χ2v) is 9.13. The van der Waals surface area contributed by atoms with Gasteiger partial charge in [-0.15, -0.1) is 0 Å². The van der Waals surface area contributed by atoms with E-state index in [9.17, 15) is 4.79 Å². The fraction of sp³-hybridized carbons (Fsp3) is 0.667. The van der Waals surface area contributed by atoms with Gasteiger partial charge in [-0.05, 0) is 39.1 Å². The molecule has 0 N–H and O–H groups in total. The largest absolute Gasteiger partial charge is 0.491 e. The lowest BCUT2D eigenvalue weighted by molar-refractivity contribution is -0.109. The number of carbonyl (C=O) groups is 1. The average molecular weight is 364 g/mol. The van der Waals surface area contributed by atoms with E-state index in [1.807, 2.05) is 50.8 Å². The van der Waals surface area contributed by atoms with E-state index in [0.717, 1.165) is 17.6 Å². The first kappa shape index (κ1) is 20.3. The molecule has 0 radical (unpaired) electrons. The number of thioether (sulfide) groups is 1. The monoisotopic (exact) mass is 364 g/mol. The van der Waals surface area contributed by atoms with Crippen molar-refractivity contribution >= 4 is 30.1 Å². The highest BCUT2D eigenvalue weighted by molar-refractivity contribution is 8.13. The van der Waals surface area contributed by atoms with Crippen LogP contribution in [-0.2, 0) is 20.6 Å². The van der Waals surface area contributed by atoms with Crippen LogP contribution in [-0.4, -0.2) is 39.0 Å². The van der Waals surface area contributed by atoms with Crippen molar-refractivity contribution in [3.63, 3.8) is 0 Å². The van der Waals surface area contributed by atoms with E-state index in [0.29, 0.717) is 11.7 Å². The van der Waals surface area contributed by atoms with Gasteiger partial charge in [-0.2, -0.15) is 5.10 Å². The maximum absolute atomic E-state index is 11.4. The first-order valence-corrected chi connectivity index (χ1v) is 9.70. The molecule has 0 aliphatic carbocycles. The first-order valence-electron chi connectivity index (χ1n) is 8.72. The molecule has 1 saturated heterocycles. The van der Waals surface area contributed by atoms with Crippen LogP contribution < -0.4 is 0 Å². The minimum Gasteiger partial charge on any atom is -0.400 e. The fourth-order valence-electron chi connectivity index (χ4n) is 2.50. The van der Waals surface area contributed by atoms with Gasteiger partial charge in [0.2, 0.25) is 0 Å². The Morgan fingerprint density at radius 1 is 1.32 bits per heavy atom. The lowest BCUT2D eigenvalue weighted by atomic mass is 9.78. The van der Waals surface area contributed by atoms with Crippen LogP contribution in [0.2, 0.25) is 0 Å². The summed E-state index contributed by atoms with van der Waals surface area (Å²) in [6.07, 6.45) is 5.89. The molecule has 0 amide bonds. The standard InChI is InChI=1S/C18H29BN2O3S/c1-13(2)10-21-11-15(9-20-21)8-16(12-25-14(3)22)19-23-17(4,5)18(6,7)24-19/h8-9,11,13H,10,12H2,1-7H3. The number of rotatable bonds is 6. The topological polar surface area (TPSA) is 53.4 Å². The van der Waals surface area contributed by atoms with E-state index < -0.39 is 18.3 Å². The summed E-state index contributed by atoms with van der Waals surface area (Å²) in [6.45, 7) is 14.9. The van der Waals surface area contributed by atoms with Crippen molar-refractivity contribution in [2.75, 3.05) is 5.75 Å². The third kappa shape index (κ3) is 5.22. The maximum Gasteiger partial charge on any atom is 0.491 e. The van der Waals surface area contributed by atoms with Crippen LogP contribution >= 0.6 is 11.8 Å². The highest BCUT2D eigenvalue weighted by atomic mass is 32.2. The van der Waals surface area contributed by atoms with E-state index in [2.05, 4.69) is 18.9 Å². The molecule has 2 rings (SSSR count). The lowest BCUT2D eigenvalue weighted by Gasteiger charge is -2.32. The molecule has 1 aromatic heterocycles. The number of aromatic nitrogens is 2.